The molecular formula is C24H28FN5OS. The molecule has 1 amide bonds. The van der Waals surface area contributed by atoms with E-state index in [1.165, 1.54) is 10.9 Å². The van der Waals surface area contributed by atoms with Crippen LogP contribution in [0, 0.1) is 25.6 Å². The largest absolute Gasteiger partial charge is 0.330 e. The van der Waals surface area contributed by atoms with Crippen LogP contribution < -0.4 is 0 Å². The van der Waals surface area contributed by atoms with Crippen molar-refractivity contribution in [1.82, 2.24) is 24.6 Å². The second-order valence-corrected chi connectivity index (χ2v) is 10.5. The summed E-state index contributed by atoms with van der Waals surface area (Å²) >= 11 is 1.66. The van der Waals surface area contributed by atoms with Gasteiger partial charge in [0, 0.05) is 16.4 Å². The highest BCUT2D eigenvalue weighted by Gasteiger charge is 2.30. The fourth-order valence-electron chi connectivity index (χ4n) is 4.77. The first-order valence-corrected chi connectivity index (χ1v) is 12.1. The third-order valence-corrected chi connectivity index (χ3v) is 7.69. The van der Waals surface area contributed by atoms with Crippen LogP contribution in [0.5, 0.6) is 0 Å². The van der Waals surface area contributed by atoms with Gasteiger partial charge in [-0.3, -0.25) is 4.79 Å². The van der Waals surface area contributed by atoms with Gasteiger partial charge in [-0.25, -0.2) is 19.0 Å². The van der Waals surface area contributed by atoms with Crippen LogP contribution in [0.25, 0.3) is 11.4 Å². The topological polar surface area (TPSA) is 63.9 Å². The van der Waals surface area contributed by atoms with Crippen molar-refractivity contribution in [3.63, 3.8) is 0 Å². The highest BCUT2D eigenvalue weighted by Crippen LogP contribution is 2.36. The minimum Gasteiger partial charge on any atom is -0.330 e. The minimum absolute atomic E-state index is 0.0324. The molecule has 1 aliphatic heterocycles. The van der Waals surface area contributed by atoms with Gasteiger partial charge in [-0.2, -0.15) is 5.10 Å². The summed E-state index contributed by atoms with van der Waals surface area (Å²) in [6, 6.07) is 4.94. The van der Waals surface area contributed by atoms with Gasteiger partial charge < -0.3 is 4.90 Å². The summed E-state index contributed by atoms with van der Waals surface area (Å²) in [6.07, 6.45) is 4.43. The first-order chi connectivity index (χ1) is 15.4. The third kappa shape index (κ3) is 4.08. The summed E-state index contributed by atoms with van der Waals surface area (Å²) in [5.74, 6) is 2.26. The lowest BCUT2D eigenvalue weighted by molar-refractivity contribution is -0.132. The van der Waals surface area contributed by atoms with Gasteiger partial charge in [0.2, 0.25) is 5.91 Å². The van der Waals surface area contributed by atoms with E-state index in [-0.39, 0.29) is 18.3 Å². The second-order valence-electron chi connectivity index (χ2n) is 9.22. The molecule has 0 spiro atoms. The maximum absolute atomic E-state index is 13.8. The van der Waals surface area contributed by atoms with E-state index >= 15 is 0 Å². The molecule has 6 nitrogen and oxygen atoms in total. The molecule has 3 aromatic rings. The van der Waals surface area contributed by atoms with Crippen molar-refractivity contribution < 1.29 is 9.18 Å². The molecule has 8 heteroatoms. The van der Waals surface area contributed by atoms with E-state index in [1.54, 1.807) is 35.1 Å². The Morgan fingerprint density at radius 3 is 2.66 bits per heavy atom. The van der Waals surface area contributed by atoms with Crippen LogP contribution >= 0.6 is 11.3 Å². The quantitative estimate of drug-likeness (QED) is 0.558. The van der Waals surface area contributed by atoms with Crippen LogP contribution in [-0.2, 0) is 24.4 Å². The number of thiazole rings is 1. The number of hydrogen-bond donors (Lipinski definition) is 0. The predicted octanol–water partition coefficient (Wildman–Crippen LogP) is 4.99. The SMILES string of the molecule is Cc1nc2c(s1)CN(C(=O)Cn1nc(-c3ccc(F)c(C)c3)nc1C1CCC(C)CC1)C2. The van der Waals surface area contributed by atoms with Crippen LogP contribution in [0.1, 0.15) is 65.5 Å². The first kappa shape index (κ1) is 21.2. The van der Waals surface area contributed by atoms with Crippen molar-refractivity contribution in [2.45, 2.75) is 72.0 Å². The molecule has 0 bridgehead atoms. The van der Waals surface area contributed by atoms with Crippen LogP contribution in [0.3, 0.4) is 0 Å². The molecular weight excluding hydrogens is 425 g/mol. The summed E-state index contributed by atoms with van der Waals surface area (Å²) < 4.78 is 15.6. The highest BCUT2D eigenvalue weighted by atomic mass is 32.1. The number of amides is 1. The van der Waals surface area contributed by atoms with Gasteiger partial charge in [0.15, 0.2) is 5.82 Å². The lowest BCUT2D eigenvalue weighted by atomic mass is 9.82. The van der Waals surface area contributed by atoms with Crippen molar-refractivity contribution in [2.24, 2.45) is 5.92 Å². The number of hydrogen-bond acceptors (Lipinski definition) is 5. The number of halogens is 1. The zero-order valence-electron chi connectivity index (χ0n) is 18.8. The number of aryl methyl sites for hydroxylation is 2. The Bertz CT molecular complexity index is 1140. The Balaban J connectivity index is 1.41. The molecule has 2 aliphatic rings. The van der Waals surface area contributed by atoms with Crippen molar-refractivity contribution in [3.8, 4) is 11.4 Å². The lowest BCUT2D eigenvalue weighted by Crippen LogP contribution is -2.31. The molecule has 1 aliphatic carbocycles. The Kier molecular flexibility index (Phi) is 5.57. The van der Waals surface area contributed by atoms with E-state index in [0.29, 0.717) is 30.4 Å². The smallest absolute Gasteiger partial charge is 0.245 e. The Morgan fingerprint density at radius 1 is 1.16 bits per heavy atom. The maximum Gasteiger partial charge on any atom is 0.245 e. The van der Waals surface area contributed by atoms with E-state index in [2.05, 4.69) is 11.9 Å². The molecule has 0 N–H and O–H groups in total. The maximum atomic E-state index is 13.8. The standard InChI is InChI=1S/C24H28FN5OS/c1-14-4-6-17(7-5-14)24-27-23(18-8-9-19(25)15(2)10-18)28-30(24)13-22(31)29-11-20-21(12-29)32-16(3)26-20/h8-10,14,17H,4-7,11-13H2,1-3H3. The molecule has 0 unspecified atom stereocenters. The number of fused-ring (bicyclic) bond motifs is 1. The van der Waals surface area contributed by atoms with Crippen molar-refractivity contribution in [1.29, 1.82) is 0 Å². The van der Waals surface area contributed by atoms with E-state index in [9.17, 15) is 9.18 Å². The third-order valence-electron chi connectivity index (χ3n) is 6.70. The van der Waals surface area contributed by atoms with Crippen LogP contribution in [0.4, 0.5) is 4.39 Å². The summed E-state index contributed by atoms with van der Waals surface area (Å²) in [5, 5.41) is 5.78. The molecule has 32 heavy (non-hydrogen) atoms. The molecule has 3 heterocycles. The molecule has 1 saturated carbocycles. The normalized spacial score (nSPS) is 20.6. The average Bonchev–Trinajstić information content (AvgIpc) is 3.44. The molecule has 5 rings (SSSR count). The average molecular weight is 454 g/mol. The Hall–Kier alpha value is -2.61. The number of nitrogens with zero attached hydrogens (tertiary/aromatic N) is 5. The zero-order chi connectivity index (χ0) is 22.4. The van der Waals surface area contributed by atoms with Crippen molar-refractivity contribution in [3.05, 3.63) is 51.0 Å². The van der Waals surface area contributed by atoms with E-state index < -0.39 is 0 Å². The number of carbonyl (C=O) groups excluding carboxylic acids is 1. The molecule has 1 aromatic carbocycles. The number of rotatable bonds is 4. The van der Waals surface area contributed by atoms with Crippen molar-refractivity contribution in [2.75, 3.05) is 0 Å². The zero-order valence-corrected chi connectivity index (χ0v) is 19.6. The van der Waals surface area contributed by atoms with Crippen molar-refractivity contribution >= 4 is 17.2 Å². The van der Waals surface area contributed by atoms with Gasteiger partial charge in [0.25, 0.3) is 0 Å². The van der Waals surface area contributed by atoms with Crippen LogP contribution in [0.2, 0.25) is 0 Å². The van der Waals surface area contributed by atoms with Gasteiger partial charge in [0.1, 0.15) is 18.2 Å². The molecule has 2 aromatic heterocycles. The fourth-order valence-corrected chi connectivity index (χ4v) is 5.73. The summed E-state index contributed by atoms with van der Waals surface area (Å²) in [5.41, 5.74) is 2.36. The van der Waals surface area contributed by atoms with Gasteiger partial charge in [-0.15, -0.1) is 11.3 Å². The molecule has 0 saturated heterocycles. The number of aromatic nitrogens is 4. The van der Waals surface area contributed by atoms with Gasteiger partial charge in [0.05, 0.1) is 23.8 Å². The van der Waals surface area contributed by atoms with Gasteiger partial charge in [-0.1, -0.05) is 19.8 Å². The predicted molar refractivity (Wildman–Crippen MR) is 122 cm³/mol. The molecule has 1 fully saturated rings. The fraction of sp³-hybridized carbons (Fsp3) is 0.500. The number of benzene rings is 1. The van der Waals surface area contributed by atoms with Crippen LogP contribution in [-0.4, -0.2) is 30.6 Å². The van der Waals surface area contributed by atoms with E-state index in [1.807, 2.05) is 11.8 Å². The summed E-state index contributed by atoms with van der Waals surface area (Å²) in [4.78, 5) is 25.6. The first-order valence-electron chi connectivity index (χ1n) is 11.3. The van der Waals surface area contributed by atoms with E-state index in [0.717, 1.165) is 53.7 Å². The Morgan fingerprint density at radius 2 is 1.94 bits per heavy atom. The minimum atomic E-state index is -0.241. The molecule has 0 radical (unpaired) electrons. The van der Waals surface area contributed by atoms with Crippen LogP contribution in [0.15, 0.2) is 18.2 Å². The Labute approximate surface area is 191 Å². The number of carbonyl (C=O) groups is 1. The molecule has 168 valence electrons. The summed E-state index contributed by atoms with van der Waals surface area (Å²) in [7, 11) is 0. The molecule has 0 atom stereocenters. The van der Waals surface area contributed by atoms with E-state index in [4.69, 9.17) is 10.1 Å². The second kappa shape index (κ2) is 8.39. The lowest BCUT2D eigenvalue weighted by Gasteiger charge is -2.26. The monoisotopic (exact) mass is 453 g/mol. The van der Waals surface area contributed by atoms with Gasteiger partial charge >= 0.3 is 0 Å². The van der Waals surface area contributed by atoms with Gasteiger partial charge in [-0.05, 0) is 56.4 Å². The summed E-state index contributed by atoms with van der Waals surface area (Å²) in [6.45, 7) is 7.38. The highest BCUT2D eigenvalue weighted by molar-refractivity contribution is 7.11.